The van der Waals surface area contributed by atoms with Gasteiger partial charge in [-0.05, 0) is 30.0 Å². The molecular weight excluding hydrogens is 341 g/mol. The summed E-state index contributed by atoms with van der Waals surface area (Å²) in [6, 6.07) is 4.77. The Kier molecular flexibility index (Phi) is 6.21. The molecule has 1 aliphatic carbocycles. The molecule has 2 nitrogen and oxygen atoms in total. The first-order valence-electron chi connectivity index (χ1n) is 8.31. The van der Waals surface area contributed by atoms with Crippen molar-refractivity contribution in [2.45, 2.75) is 56.7 Å². The quantitative estimate of drug-likeness (QED) is 0.727. The first-order chi connectivity index (χ1) is 11.3. The SMILES string of the molecule is CCCCCC1(C(F)(F)F)c2c(Cl)cccc2CC(O)C1COC. The molecule has 24 heavy (non-hydrogen) atoms. The number of aliphatic hydroxyl groups excluding tert-OH is 1. The average molecular weight is 365 g/mol. The van der Waals surface area contributed by atoms with Crippen molar-refractivity contribution in [2.75, 3.05) is 13.7 Å². The largest absolute Gasteiger partial charge is 0.398 e. The molecule has 0 bridgehead atoms. The van der Waals surface area contributed by atoms with Gasteiger partial charge in [-0.1, -0.05) is 49.9 Å². The van der Waals surface area contributed by atoms with E-state index < -0.39 is 23.6 Å². The van der Waals surface area contributed by atoms with Crippen LogP contribution in [0.3, 0.4) is 0 Å². The molecule has 0 heterocycles. The monoisotopic (exact) mass is 364 g/mol. The van der Waals surface area contributed by atoms with Crippen LogP contribution in [0.4, 0.5) is 13.2 Å². The van der Waals surface area contributed by atoms with Gasteiger partial charge < -0.3 is 9.84 Å². The Labute approximate surface area is 146 Å². The van der Waals surface area contributed by atoms with Crippen LogP contribution in [0.1, 0.15) is 43.7 Å². The van der Waals surface area contributed by atoms with Gasteiger partial charge in [0.05, 0.1) is 12.7 Å². The van der Waals surface area contributed by atoms with Gasteiger partial charge in [0.15, 0.2) is 0 Å². The van der Waals surface area contributed by atoms with Crippen LogP contribution in [0, 0.1) is 5.92 Å². The lowest BCUT2D eigenvalue weighted by Gasteiger charge is -2.49. The van der Waals surface area contributed by atoms with E-state index in [0.29, 0.717) is 18.4 Å². The van der Waals surface area contributed by atoms with Crippen molar-refractivity contribution in [3.63, 3.8) is 0 Å². The van der Waals surface area contributed by atoms with Crippen molar-refractivity contribution in [2.24, 2.45) is 5.92 Å². The van der Waals surface area contributed by atoms with E-state index in [1.807, 2.05) is 6.92 Å². The number of ether oxygens (including phenoxy) is 1. The lowest BCUT2D eigenvalue weighted by atomic mass is 9.59. The summed E-state index contributed by atoms with van der Waals surface area (Å²) in [5, 5.41) is 10.6. The molecule has 3 atom stereocenters. The average Bonchev–Trinajstić information content (AvgIpc) is 2.49. The summed E-state index contributed by atoms with van der Waals surface area (Å²) in [7, 11) is 1.36. The summed E-state index contributed by atoms with van der Waals surface area (Å²) in [6.07, 6.45) is -3.62. The number of methoxy groups -OCH3 is 1. The molecule has 0 fully saturated rings. The smallest absolute Gasteiger partial charge is 0.392 e. The zero-order chi connectivity index (χ0) is 18.0. The second-order valence-corrected chi connectivity index (χ2v) is 6.94. The van der Waals surface area contributed by atoms with Crippen LogP contribution in [0.15, 0.2) is 18.2 Å². The Morgan fingerprint density at radius 2 is 2.04 bits per heavy atom. The molecule has 0 saturated heterocycles. The van der Waals surface area contributed by atoms with Gasteiger partial charge in [0.25, 0.3) is 0 Å². The van der Waals surface area contributed by atoms with Gasteiger partial charge in [-0.15, -0.1) is 0 Å². The zero-order valence-electron chi connectivity index (χ0n) is 14.0. The highest BCUT2D eigenvalue weighted by Gasteiger charge is 2.64. The lowest BCUT2D eigenvalue weighted by Crippen LogP contribution is -2.57. The molecule has 1 aromatic carbocycles. The molecule has 136 valence electrons. The first kappa shape index (κ1) is 19.5. The van der Waals surface area contributed by atoms with Gasteiger partial charge in [0.2, 0.25) is 0 Å². The minimum Gasteiger partial charge on any atom is -0.392 e. The van der Waals surface area contributed by atoms with E-state index in [9.17, 15) is 18.3 Å². The molecular formula is C18H24ClF3O2. The van der Waals surface area contributed by atoms with E-state index >= 15 is 0 Å². The molecule has 1 aromatic rings. The van der Waals surface area contributed by atoms with Crippen LogP contribution < -0.4 is 0 Å². The minimum atomic E-state index is -4.52. The van der Waals surface area contributed by atoms with Crippen molar-refractivity contribution in [1.82, 2.24) is 0 Å². The molecule has 0 radical (unpaired) electrons. The van der Waals surface area contributed by atoms with E-state index in [2.05, 4.69) is 0 Å². The number of alkyl halides is 3. The van der Waals surface area contributed by atoms with Gasteiger partial charge in [-0.2, -0.15) is 13.2 Å². The predicted molar refractivity (Wildman–Crippen MR) is 88.4 cm³/mol. The summed E-state index contributed by atoms with van der Waals surface area (Å²) in [5.41, 5.74) is -1.57. The molecule has 0 aliphatic heterocycles. The van der Waals surface area contributed by atoms with E-state index in [4.69, 9.17) is 16.3 Å². The fraction of sp³-hybridized carbons (Fsp3) is 0.667. The standard InChI is InChI=1S/C18H24ClF3O2/c1-3-4-5-9-17(18(20,21)22)13(11-24-2)15(23)10-12-7-6-8-14(19)16(12)17/h6-8,13,15,23H,3-5,9-11H2,1-2H3. The van der Waals surface area contributed by atoms with Crippen LogP contribution in [0.25, 0.3) is 0 Å². The van der Waals surface area contributed by atoms with Crippen LogP contribution in [0.5, 0.6) is 0 Å². The first-order valence-corrected chi connectivity index (χ1v) is 8.69. The predicted octanol–water partition coefficient (Wildman–Crippen LogP) is 4.90. The maximum Gasteiger partial charge on any atom is 0.398 e. The highest BCUT2D eigenvalue weighted by atomic mass is 35.5. The summed E-state index contributed by atoms with van der Waals surface area (Å²) < 4.78 is 48.3. The zero-order valence-corrected chi connectivity index (χ0v) is 14.8. The van der Waals surface area contributed by atoms with Crippen molar-refractivity contribution in [3.8, 4) is 0 Å². The summed E-state index contributed by atoms with van der Waals surface area (Å²) >= 11 is 6.24. The molecule has 0 aromatic heterocycles. The molecule has 2 rings (SSSR count). The maximum atomic E-state index is 14.4. The molecule has 0 spiro atoms. The van der Waals surface area contributed by atoms with Gasteiger partial charge in [-0.3, -0.25) is 0 Å². The number of hydrogen-bond acceptors (Lipinski definition) is 2. The summed E-state index contributed by atoms with van der Waals surface area (Å²) in [5.74, 6) is -1.06. The van der Waals surface area contributed by atoms with E-state index in [0.717, 1.165) is 6.42 Å². The molecule has 1 aliphatic rings. The van der Waals surface area contributed by atoms with Crippen molar-refractivity contribution >= 4 is 11.6 Å². The van der Waals surface area contributed by atoms with E-state index in [1.165, 1.54) is 13.2 Å². The Morgan fingerprint density at radius 3 is 2.62 bits per heavy atom. The highest BCUT2D eigenvalue weighted by Crippen LogP contribution is 2.56. The third-order valence-corrected chi connectivity index (χ3v) is 5.41. The second-order valence-electron chi connectivity index (χ2n) is 6.53. The van der Waals surface area contributed by atoms with Crippen molar-refractivity contribution in [3.05, 3.63) is 34.3 Å². The number of hydrogen-bond donors (Lipinski definition) is 1. The number of rotatable bonds is 6. The summed E-state index contributed by atoms with van der Waals surface area (Å²) in [4.78, 5) is 0. The number of fused-ring (bicyclic) bond motifs is 1. The van der Waals surface area contributed by atoms with Crippen molar-refractivity contribution in [1.29, 1.82) is 0 Å². The number of benzene rings is 1. The lowest BCUT2D eigenvalue weighted by molar-refractivity contribution is -0.228. The Hall–Kier alpha value is -0.780. The maximum absolute atomic E-state index is 14.4. The van der Waals surface area contributed by atoms with Crippen molar-refractivity contribution < 1.29 is 23.0 Å². The molecule has 1 N–H and O–H groups in total. The Balaban J connectivity index is 2.67. The number of aliphatic hydroxyl groups is 1. The fourth-order valence-electron chi connectivity index (χ4n) is 4.01. The van der Waals surface area contributed by atoms with E-state index in [1.54, 1.807) is 12.1 Å². The minimum absolute atomic E-state index is 0.0911. The van der Waals surface area contributed by atoms with E-state index in [-0.39, 0.29) is 30.0 Å². The number of halogens is 4. The second kappa shape index (κ2) is 7.63. The van der Waals surface area contributed by atoms with Crippen LogP contribution >= 0.6 is 11.6 Å². The third-order valence-electron chi connectivity index (χ3n) is 5.10. The van der Waals surface area contributed by atoms with Crippen LogP contribution in [0.2, 0.25) is 5.02 Å². The Bertz CT molecular complexity index is 562. The number of unbranched alkanes of at least 4 members (excludes halogenated alkanes) is 2. The van der Waals surface area contributed by atoms with Crippen LogP contribution in [-0.2, 0) is 16.6 Å². The normalized spacial score (nSPS) is 27.1. The summed E-state index contributed by atoms with van der Waals surface area (Å²) in [6.45, 7) is 1.79. The molecule has 0 saturated carbocycles. The van der Waals surface area contributed by atoms with Gasteiger partial charge in [0, 0.05) is 18.1 Å². The highest BCUT2D eigenvalue weighted by molar-refractivity contribution is 6.31. The third kappa shape index (κ3) is 3.31. The van der Waals surface area contributed by atoms with Gasteiger partial charge >= 0.3 is 6.18 Å². The molecule has 3 unspecified atom stereocenters. The van der Waals surface area contributed by atoms with Gasteiger partial charge in [0.1, 0.15) is 5.41 Å². The molecule has 6 heteroatoms. The van der Waals surface area contributed by atoms with Crippen LogP contribution in [-0.4, -0.2) is 31.1 Å². The topological polar surface area (TPSA) is 29.5 Å². The molecule has 0 amide bonds. The Morgan fingerprint density at radius 1 is 1.33 bits per heavy atom. The van der Waals surface area contributed by atoms with Gasteiger partial charge in [-0.25, -0.2) is 0 Å². The fourth-order valence-corrected chi connectivity index (χ4v) is 4.37.